The number of carbonyl (C=O) groups excluding carboxylic acids is 3. The molecule has 0 heterocycles. The highest BCUT2D eigenvalue weighted by atomic mass is 79.9. The van der Waals surface area contributed by atoms with Crippen LogP contribution in [-0.4, -0.2) is 31.3 Å². The summed E-state index contributed by atoms with van der Waals surface area (Å²) in [5, 5.41) is 10.6. The third-order valence-electron chi connectivity index (χ3n) is 3.80. The van der Waals surface area contributed by atoms with E-state index in [2.05, 4.69) is 15.9 Å². The topological polar surface area (TPSA) is 92.7 Å². The zero-order chi connectivity index (χ0) is 18.8. The molecule has 0 saturated heterocycles. The molecule has 2 aromatic rings. The van der Waals surface area contributed by atoms with Gasteiger partial charge in [-0.05, 0) is 39.7 Å². The van der Waals surface area contributed by atoms with E-state index in [1.54, 1.807) is 36.4 Å². The maximum absolute atomic E-state index is 12.5. The summed E-state index contributed by atoms with van der Waals surface area (Å²) in [6, 6.07) is 9.79. The number of aliphatic carboxylic acids is 1. The van der Waals surface area contributed by atoms with Crippen molar-refractivity contribution in [1.29, 1.82) is 0 Å². The van der Waals surface area contributed by atoms with E-state index >= 15 is 0 Å². The minimum atomic E-state index is -1.37. The molecule has 0 N–H and O–H groups in total. The van der Waals surface area contributed by atoms with Crippen LogP contribution in [0.3, 0.4) is 0 Å². The Morgan fingerprint density at radius 3 is 2.31 bits per heavy atom. The maximum Gasteiger partial charge on any atom is 0.197 e. The van der Waals surface area contributed by atoms with Crippen molar-refractivity contribution in [3.8, 4) is 11.5 Å². The van der Waals surface area contributed by atoms with Gasteiger partial charge in [0.05, 0.1) is 23.1 Å². The van der Waals surface area contributed by atoms with E-state index < -0.39 is 12.6 Å². The molecule has 0 radical (unpaired) electrons. The normalized spacial score (nSPS) is 12.8. The number of ketones is 2. The zero-order valence-electron chi connectivity index (χ0n) is 13.6. The minimum absolute atomic E-state index is 0.0588. The molecule has 0 fully saturated rings. The van der Waals surface area contributed by atoms with Gasteiger partial charge in [0.1, 0.15) is 6.61 Å². The highest BCUT2D eigenvalue weighted by molar-refractivity contribution is 9.10. The molecule has 0 unspecified atom stereocenters. The average Bonchev–Trinajstić information content (AvgIpc) is 2.85. The van der Waals surface area contributed by atoms with Crippen LogP contribution in [0.5, 0.6) is 11.5 Å². The van der Waals surface area contributed by atoms with Crippen LogP contribution in [0, 0.1) is 0 Å². The Hall–Kier alpha value is -2.93. The summed E-state index contributed by atoms with van der Waals surface area (Å²) in [6.45, 7) is -0.637. The third-order valence-corrected chi connectivity index (χ3v) is 4.39. The fourth-order valence-corrected chi connectivity index (χ4v) is 3.24. The summed E-state index contributed by atoms with van der Waals surface area (Å²) in [4.78, 5) is 35.5. The summed E-state index contributed by atoms with van der Waals surface area (Å²) in [5.41, 5.74) is 1.34. The number of hydrogen-bond acceptors (Lipinski definition) is 6. The number of carboxylic acid groups (broad SMARTS) is 1. The number of rotatable bonds is 5. The van der Waals surface area contributed by atoms with Crippen LogP contribution in [0.1, 0.15) is 26.3 Å². The molecule has 132 valence electrons. The smallest absolute Gasteiger partial charge is 0.197 e. The van der Waals surface area contributed by atoms with Gasteiger partial charge in [0.2, 0.25) is 0 Å². The number of Topliss-reactive ketones (excluding diaryl/α,β-unsaturated/α-hetero) is 2. The monoisotopic (exact) mass is 415 g/mol. The van der Waals surface area contributed by atoms with Crippen molar-refractivity contribution in [2.75, 3.05) is 13.7 Å². The highest BCUT2D eigenvalue weighted by Gasteiger charge is 2.32. The first-order chi connectivity index (χ1) is 12.4. The van der Waals surface area contributed by atoms with E-state index in [-0.39, 0.29) is 28.6 Å². The van der Waals surface area contributed by atoms with Gasteiger partial charge in [-0.1, -0.05) is 24.3 Å². The molecule has 1 aliphatic carbocycles. The van der Waals surface area contributed by atoms with E-state index in [1.165, 1.54) is 13.2 Å². The molecule has 26 heavy (non-hydrogen) atoms. The lowest BCUT2D eigenvalue weighted by atomic mass is 10.1. The molecule has 0 aromatic heterocycles. The van der Waals surface area contributed by atoms with Crippen LogP contribution < -0.4 is 14.6 Å². The molecule has 3 rings (SSSR count). The summed E-state index contributed by atoms with van der Waals surface area (Å²) in [6.07, 6.45) is 1.47. The van der Waals surface area contributed by atoms with Crippen molar-refractivity contribution in [2.24, 2.45) is 0 Å². The van der Waals surface area contributed by atoms with Gasteiger partial charge in [-0.3, -0.25) is 9.59 Å². The van der Waals surface area contributed by atoms with Crippen molar-refractivity contribution < 1.29 is 29.0 Å². The van der Waals surface area contributed by atoms with Crippen molar-refractivity contribution in [3.63, 3.8) is 0 Å². The number of carbonyl (C=O) groups is 3. The van der Waals surface area contributed by atoms with Crippen molar-refractivity contribution in [2.45, 2.75) is 0 Å². The number of hydrogen-bond donors (Lipinski definition) is 0. The number of halogens is 1. The number of methoxy groups -OCH3 is 1. The first kappa shape index (κ1) is 17.9. The summed E-state index contributed by atoms with van der Waals surface area (Å²) in [5.74, 6) is -1.60. The second-order valence-electron chi connectivity index (χ2n) is 5.46. The maximum atomic E-state index is 12.5. The molecule has 0 amide bonds. The van der Waals surface area contributed by atoms with Gasteiger partial charge in [-0.25, -0.2) is 0 Å². The van der Waals surface area contributed by atoms with E-state index in [1.807, 2.05) is 0 Å². The fourth-order valence-electron chi connectivity index (χ4n) is 2.66. The molecule has 6 nitrogen and oxygen atoms in total. The van der Waals surface area contributed by atoms with E-state index in [0.29, 0.717) is 21.2 Å². The molecule has 0 bridgehead atoms. The van der Waals surface area contributed by atoms with Gasteiger partial charge in [0.15, 0.2) is 23.1 Å². The number of fused-ring (bicyclic) bond motifs is 1. The quantitative estimate of drug-likeness (QED) is 0.547. The number of ether oxygens (including phenoxy) is 2. The van der Waals surface area contributed by atoms with Crippen LogP contribution in [-0.2, 0) is 4.79 Å². The standard InChI is InChI=1S/C19H13BrO6/c1-25-15-8-10(7-14(20)19(15)26-9-16(21)22)6-13-17(23)11-4-2-3-5-12(11)18(13)24/h2-8H,9H2,1H3,(H,21,22)/p-1. The first-order valence-corrected chi connectivity index (χ1v) is 8.32. The summed E-state index contributed by atoms with van der Waals surface area (Å²) < 4.78 is 10.8. The SMILES string of the molecule is COc1cc(C=C2C(=O)c3ccccc3C2=O)cc(Br)c1OCC(=O)[O-]. The summed E-state index contributed by atoms with van der Waals surface area (Å²) >= 11 is 3.28. The lowest BCUT2D eigenvalue weighted by molar-refractivity contribution is -0.307. The van der Waals surface area contributed by atoms with E-state index in [9.17, 15) is 19.5 Å². The van der Waals surface area contributed by atoms with Crippen molar-refractivity contribution in [1.82, 2.24) is 0 Å². The largest absolute Gasteiger partial charge is 0.546 e. The average molecular weight is 416 g/mol. The van der Waals surface area contributed by atoms with Crippen molar-refractivity contribution >= 4 is 39.5 Å². The third kappa shape index (κ3) is 3.25. The molecular formula is C19H12BrO6-. The molecule has 7 heteroatoms. The van der Waals surface area contributed by atoms with Crippen LogP contribution >= 0.6 is 15.9 Å². The minimum Gasteiger partial charge on any atom is -0.546 e. The van der Waals surface area contributed by atoms with Gasteiger partial charge in [-0.15, -0.1) is 0 Å². The number of benzene rings is 2. The van der Waals surface area contributed by atoms with Crippen LogP contribution in [0.15, 0.2) is 46.4 Å². The van der Waals surface area contributed by atoms with Gasteiger partial charge < -0.3 is 19.4 Å². The lowest BCUT2D eigenvalue weighted by Gasteiger charge is -2.14. The Balaban J connectivity index is 2.00. The predicted octanol–water partition coefficient (Wildman–Crippen LogP) is 2.05. The Bertz CT molecular complexity index is 923. The van der Waals surface area contributed by atoms with Crippen LogP contribution in [0.4, 0.5) is 0 Å². The molecule has 2 aromatic carbocycles. The Morgan fingerprint density at radius 1 is 1.15 bits per heavy atom. The number of allylic oxidation sites excluding steroid dienone is 1. The van der Waals surface area contributed by atoms with Gasteiger partial charge >= 0.3 is 0 Å². The second-order valence-corrected chi connectivity index (χ2v) is 6.31. The highest BCUT2D eigenvalue weighted by Crippen LogP contribution is 2.38. The lowest BCUT2D eigenvalue weighted by Crippen LogP contribution is -2.29. The number of carboxylic acids is 1. The Labute approximate surface area is 157 Å². The molecule has 0 aliphatic heterocycles. The molecular weight excluding hydrogens is 404 g/mol. The second kappa shape index (κ2) is 7.13. The fraction of sp³-hybridized carbons (Fsp3) is 0.105. The van der Waals surface area contributed by atoms with Gasteiger partial charge in [-0.2, -0.15) is 0 Å². The van der Waals surface area contributed by atoms with Crippen LogP contribution in [0.2, 0.25) is 0 Å². The molecule has 0 saturated carbocycles. The molecule has 1 aliphatic rings. The molecule has 0 atom stereocenters. The predicted molar refractivity (Wildman–Crippen MR) is 94.3 cm³/mol. The Kier molecular flexibility index (Phi) is 4.90. The van der Waals surface area contributed by atoms with Gasteiger partial charge in [0, 0.05) is 11.1 Å². The van der Waals surface area contributed by atoms with Crippen molar-refractivity contribution in [3.05, 3.63) is 63.1 Å². The van der Waals surface area contributed by atoms with E-state index in [0.717, 1.165) is 0 Å². The first-order valence-electron chi connectivity index (χ1n) is 7.52. The summed E-state index contributed by atoms with van der Waals surface area (Å²) in [7, 11) is 1.40. The van der Waals surface area contributed by atoms with Gasteiger partial charge in [0.25, 0.3) is 0 Å². The van der Waals surface area contributed by atoms with Crippen LogP contribution in [0.25, 0.3) is 6.08 Å². The zero-order valence-corrected chi connectivity index (χ0v) is 15.2. The Morgan fingerprint density at radius 2 is 1.77 bits per heavy atom. The molecule has 0 spiro atoms. The van der Waals surface area contributed by atoms with E-state index in [4.69, 9.17) is 9.47 Å².